The Morgan fingerprint density at radius 3 is 2.76 bits per heavy atom. The van der Waals surface area contributed by atoms with Gasteiger partial charge >= 0.3 is 0 Å². The third-order valence-corrected chi connectivity index (χ3v) is 4.37. The van der Waals surface area contributed by atoms with Crippen LogP contribution in [-0.2, 0) is 22.5 Å². The molecule has 2 heterocycles. The Labute approximate surface area is 149 Å². The summed E-state index contributed by atoms with van der Waals surface area (Å²) in [6.07, 6.45) is 4.80. The SMILES string of the molecule is O=C(C[C@H]1CNCCO1)N(CCc1ccccc1)Cc1cccnc1. The molecule has 0 saturated carbocycles. The van der Waals surface area contributed by atoms with Crippen molar-refractivity contribution in [3.63, 3.8) is 0 Å². The van der Waals surface area contributed by atoms with E-state index in [4.69, 9.17) is 4.74 Å². The highest BCUT2D eigenvalue weighted by Crippen LogP contribution is 2.11. The molecule has 0 bridgehead atoms. The standard InChI is InChI=1S/C20H25N3O2/c24-20(13-19-15-22-10-12-25-19)23(16-18-7-4-9-21-14-18)11-8-17-5-2-1-3-6-17/h1-7,9,14,19,22H,8,10-13,15-16H2/t19-/m0/s1. The van der Waals surface area contributed by atoms with Gasteiger partial charge in [-0.3, -0.25) is 9.78 Å². The first-order valence-corrected chi connectivity index (χ1v) is 8.84. The first-order valence-electron chi connectivity index (χ1n) is 8.84. The van der Waals surface area contributed by atoms with Crippen molar-refractivity contribution in [2.45, 2.75) is 25.5 Å². The average Bonchev–Trinajstić information content (AvgIpc) is 2.67. The van der Waals surface area contributed by atoms with Gasteiger partial charge in [0.2, 0.25) is 5.91 Å². The number of benzene rings is 1. The molecule has 5 nitrogen and oxygen atoms in total. The van der Waals surface area contributed by atoms with E-state index in [0.717, 1.165) is 25.1 Å². The summed E-state index contributed by atoms with van der Waals surface area (Å²) in [5, 5.41) is 3.28. The molecule has 1 aliphatic rings. The number of carbonyl (C=O) groups is 1. The fraction of sp³-hybridized carbons (Fsp3) is 0.400. The molecule has 1 aromatic heterocycles. The lowest BCUT2D eigenvalue weighted by atomic mass is 10.1. The number of amides is 1. The molecule has 25 heavy (non-hydrogen) atoms. The number of morpholine rings is 1. The van der Waals surface area contributed by atoms with Crippen molar-refractivity contribution in [2.75, 3.05) is 26.2 Å². The number of aromatic nitrogens is 1. The fourth-order valence-electron chi connectivity index (χ4n) is 2.99. The van der Waals surface area contributed by atoms with Gasteiger partial charge in [-0.15, -0.1) is 0 Å². The summed E-state index contributed by atoms with van der Waals surface area (Å²) in [6.45, 7) is 3.55. The Kier molecular flexibility index (Phi) is 6.54. The maximum Gasteiger partial charge on any atom is 0.225 e. The molecule has 1 saturated heterocycles. The monoisotopic (exact) mass is 339 g/mol. The Balaban J connectivity index is 1.63. The molecule has 1 aliphatic heterocycles. The molecule has 1 fully saturated rings. The van der Waals surface area contributed by atoms with Crippen molar-refractivity contribution in [3.8, 4) is 0 Å². The molecule has 132 valence electrons. The number of nitrogens with one attached hydrogen (secondary N) is 1. The third-order valence-electron chi connectivity index (χ3n) is 4.37. The molecular formula is C20H25N3O2. The maximum atomic E-state index is 12.8. The summed E-state index contributed by atoms with van der Waals surface area (Å²) in [5.41, 5.74) is 2.29. The molecule has 0 spiro atoms. The summed E-state index contributed by atoms with van der Waals surface area (Å²) in [4.78, 5) is 18.9. The average molecular weight is 339 g/mol. The van der Waals surface area contributed by atoms with Crippen molar-refractivity contribution in [1.82, 2.24) is 15.2 Å². The second kappa shape index (κ2) is 9.30. The van der Waals surface area contributed by atoms with E-state index < -0.39 is 0 Å². The third kappa shape index (κ3) is 5.66. The molecule has 1 amide bonds. The van der Waals surface area contributed by atoms with Crippen molar-refractivity contribution in [3.05, 3.63) is 66.0 Å². The number of hydrogen-bond donors (Lipinski definition) is 1. The minimum atomic E-state index is -0.0330. The molecular weight excluding hydrogens is 314 g/mol. The van der Waals surface area contributed by atoms with Crippen molar-refractivity contribution < 1.29 is 9.53 Å². The van der Waals surface area contributed by atoms with Crippen LogP contribution in [0.4, 0.5) is 0 Å². The lowest BCUT2D eigenvalue weighted by Crippen LogP contribution is -2.42. The predicted molar refractivity (Wildman–Crippen MR) is 97.0 cm³/mol. The van der Waals surface area contributed by atoms with E-state index in [2.05, 4.69) is 22.4 Å². The van der Waals surface area contributed by atoms with Gasteiger partial charge in [0.05, 0.1) is 19.1 Å². The normalized spacial score (nSPS) is 17.2. The van der Waals surface area contributed by atoms with Crippen LogP contribution in [0.5, 0.6) is 0 Å². The summed E-state index contributed by atoms with van der Waals surface area (Å²) in [7, 11) is 0. The van der Waals surface area contributed by atoms with Gasteiger partial charge in [-0.1, -0.05) is 36.4 Å². The topological polar surface area (TPSA) is 54.5 Å². The van der Waals surface area contributed by atoms with Gasteiger partial charge in [-0.05, 0) is 23.6 Å². The highest BCUT2D eigenvalue weighted by Gasteiger charge is 2.21. The minimum absolute atomic E-state index is 0.0330. The van der Waals surface area contributed by atoms with Gasteiger partial charge in [0.15, 0.2) is 0 Å². The van der Waals surface area contributed by atoms with Crippen LogP contribution in [0.2, 0.25) is 0 Å². The van der Waals surface area contributed by atoms with Crippen molar-refractivity contribution in [1.29, 1.82) is 0 Å². The zero-order chi connectivity index (χ0) is 17.3. The van der Waals surface area contributed by atoms with Gasteiger partial charge < -0.3 is 15.0 Å². The molecule has 1 N–H and O–H groups in total. The molecule has 1 atom stereocenters. The first kappa shape index (κ1) is 17.6. The zero-order valence-electron chi connectivity index (χ0n) is 14.4. The van der Waals surface area contributed by atoms with Crippen LogP contribution >= 0.6 is 0 Å². The van der Waals surface area contributed by atoms with Crippen LogP contribution in [0, 0.1) is 0 Å². The minimum Gasteiger partial charge on any atom is -0.375 e. The van der Waals surface area contributed by atoms with Crippen LogP contribution < -0.4 is 5.32 Å². The summed E-state index contributed by atoms with van der Waals surface area (Å²) in [5.74, 6) is 0.133. The lowest BCUT2D eigenvalue weighted by Gasteiger charge is -2.28. The first-order chi connectivity index (χ1) is 12.3. The summed E-state index contributed by atoms with van der Waals surface area (Å²) in [6, 6.07) is 14.2. The van der Waals surface area contributed by atoms with Crippen molar-refractivity contribution in [2.24, 2.45) is 0 Å². The van der Waals surface area contributed by atoms with Crippen LogP contribution in [0.25, 0.3) is 0 Å². The van der Waals surface area contributed by atoms with Gasteiger partial charge in [0.25, 0.3) is 0 Å². The molecule has 5 heteroatoms. The van der Waals surface area contributed by atoms with E-state index in [-0.39, 0.29) is 12.0 Å². The van der Waals surface area contributed by atoms with Gasteiger partial charge in [0.1, 0.15) is 0 Å². The van der Waals surface area contributed by atoms with Crippen LogP contribution in [0.3, 0.4) is 0 Å². The van der Waals surface area contributed by atoms with E-state index in [0.29, 0.717) is 26.1 Å². The Morgan fingerprint density at radius 1 is 1.20 bits per heavy atom. The number of hydrogen-bond acceptors (Lipinski definition) is 4. The summed E-state index contributed by atoms with van der Waals surface area (Å²) < 4.78 is 5.69. The molecule has 0 radical (unpaired) electrons. The lowest BCUT2D eigenvalue weighted by molar-refractivity contribution is -0.135. The smallest absolute Gasteiger partial charge is 0.225 e. The highest BCUT2D eigenvalue weighted by atomic mass is 16.5. The second-order valence-electron chi connectivity index (χ2n) is 6.31. The van der Waals surface area contributed by atoms with E-state index in [1.54, 1.807) is 6.20 Å². The second-order valence-corrected chi connectivity index (χ2v) is 6.31. The molecule has 3 rings (SSSR count). The number of pyridine rings is 1. The van der Waals surface area contributed by atoms with E-state index in [1.807, 2.05) is 41.4 Å². The van der Waals surface area contributed by atoms with Crippen LogP contribution in [0.15, 0.2) is 54.9 Å². The largest absolute Gasteiger partial charge is 0.375 e. The summed E-state index contributed by atoms with van der Waals surface area (Å²) >= 11 is 0. The van der Waals surface area contributed by atoms with Gasteiger partial charge in [0, 0.05) is 38.6 Å². The van der Waals surface area contributed by atoms with Crippen LogP contribution in [-0.4, -0.2) is 48.1 Å². The zero-order valence-corrected chi connectivity index (χ0v) is 14.4. The highest BCUT2D eigenvalue weighted by molar-refractivity contribution is 5.76. The Hall–Kier alpha value is -2.24. The number of rotatable bonds is 7. The maximum absolute atomic E-state index is 12.8. The molecule has 2 aromatic rings. The molecule has 1 aromatic carbocycles. The Morgan fingerprint density at radius 2 is 2.04 bits per heavy atom. The van der Waals surface area contributed by atoms with Gasteiger partial charge in [-0.2, -0.15) is 0 Å². The van der Waals surface area contributed by atoms with E-state index in [1.165, 1.54) is 5.56 Å². The number of nitrogens with zero attached hydrogens (tertiary/aromatic N) is 2. The van der Waals surface area contributed by atoms with E-state index in [9.17, 15) is 4.79 Å². The Bertz CT molecular complexity index is 643. The van der Waals surface area contributed by atoms with Crippen LogP contribution in [0.1, 0.15) is 17.5 Å². The molecule has 0 unspecified atom stereocenters. The predicted octanol–water partition coefficient (Wildman–Crippen LogP) is 2.03. The quantitative estimate of drug-likeness (QED) is 0.839. The number of ether oxygens (including phenoxy) is 1. The fourth-order valence-corrected chi connectivity index (χ4v) is 2.99. The van der Waals surface area contributed by atoms with Gasteiger partial charge in [-0.25, -0.2) is 0 Å². The molecule has 0 aliphatic carbocycles. The van der Waals surface area contributed by atoms with Crippen molar-refractivity contribution >= 4 is 5.91 Å². The van der Waals surface area contributed by atoms with E-state index >= 15 is 0 Å². The number of carbonyl (C=O) groups excluding carboxylic acids is 1.